The van der Waals surface area contributed by atoms with Crippen LogP contribution in [-0.2, 0) is 6.67 Å². The second-order valence-electron chi connectivity index (χ2n) is 5.28. The summed E-state index contributed by atoms with van der Waals surface area (Å²) in [7, 11) is 0. The van der Waals surface area contributed by atoms with E-state index in [-0.39, 0.29) is 11.0 Å². The van der Waals surface area contributed by atoms with E-state index in [1.165, 1.54) is 0 Å². The molecule has 1 aromatic heterocycles. The van der Waals surface area contributed by atoms with Crippen molar-refractivity contribution in [2.75, 3.05) is 19.3 Å². The first-order chi connectivity index (χ1) is 12.0. The lowest BCUT2D eigenvalue weighted by molar-refractivity contribution is 0.255. The van der Waals surface area contributed by atoms with E-state index >= 15 is 0 Å². The van der Waals surface area contributed by atoms with Gasteiger partial charge in [0.25, 0.3) is 0 Å². The summed E-state index contributed by atoms with van der Waals surface area (Å²) in [6, 6.07) is 5.93. The van der Waals surface area contributed by atoms with Gasteiger partial charge in [0.2, 0.25) is 11.0 Å². The molecule has 0 aliphatic heterocycles. The third-order valence-electron chi connectivity index (χ3n) is 3.58. The van der Waals surface area contributed by atoms with Gasteiger partial charge in [-0.3, -0.25) is 9.47 Å². The van der Waals surface area contributed by atoms with Crippen LogP contribution in [0, 0.1) is 0 Å². The SMILES string of the molecule is C=CCN(CC=C)Cn1c(O)c(N=NC(N)=S)c2cc(SC)ccc21. The minimum atomic E-state index is -0.0822. The van der Waals surface area contributed by atoms with Gasteiger partial charge in [0.1, 0.15) is 0 Å². The van der Waals surface area contributed by atoms with E-state index in [4.69, 9.17) is 18.0 Å². The number of nitrogens with two attached hydrogens (primary N) is 1. The Bertz CT molecular complexity index is 818. The molecule has 0 unspecified atom stereocenters. The summed E-state index contributed by atoms with van der Waals surface area (Å²) in [4.78, 5) is 3.14. The molecule has 1 heterocycles. The van der Waals surface area contributed by atoms with Gasteiger partial charge in [-0.2, -0.15) is 0 Å². The Hall–Kier alpha value is -2.16. The van der Waals surface area contributed by atoms with Crippen LogP contribution >= 0.6 is 24.0 Å². The summed E-state index contributed by atoms with van der Waals surface area (Å²) in [6.07, 6.45) is 5.61. The molecular formula is C17H21N5OS2. The highest BCUT2D eigenvalue weighted by atomic mass is 32.2. The fourth-order valence-corrected chi connectivity index (χ4v) is 3.01. The number of thioether (sulfide) groups is 1. The number of thiocarbonyl (C=S) groups is 1. The predicted octanol–water partition coefficient (Wildman–Crippen LogP) is 4.03. The first kappa shape index (κ1) is 19.2. The highest BCUT2D eigenvalue weighted by molar-refractivity contribution is 7.98. The molecule has 25 heavy (non-hydrogen) atoms. The first-order valence-electron chi connectivity index (χ1n) is 7.56. The smallest absolute Gasteiger partial charge is 0.221 e. The number of nitrogens with zero attached hydrogens (tertiary/aromatic N) is 4. The Morgan fingerprint density at radius 1 is 1.40 bits per heavy atom. The van der Waals surface area contributed by atoms with Crippen LogP contribution in [0.25, 0.3) is 10.9 Å². The van der Waals surface area contributed by atoms with E-state index in [0.29, 0.717) is 25.4 Å². The predicted molar refractivity (Wildman–Crippen MR) is 109 cm³/mol. The lowest BCUT2D eigenvalue weighted by Gasteiger charge is -2.20. The van der Waals surface area contributed by atoms with Gasteiger partial charge in [0.15, 0.2) is 5.69 Å². The van der Waals surface area contributed by atoms with Crippen molar-refractivity contribution in [1.82, 2.24) is 9.47 Å². The number of hydrogen-bond acceptors (Lipinski definition) is 5. The number of rotatable bonds is 8. The van der Waals surface area contributed by atoms with Crippen molar-refractivity contribution in [2.45, 2.75) is 11.6 Å². The van der Waals surface area contributed by atoms with Gasteiger partial charge in [0, 0.05) is 23.4 Å². The maximum absolute atomic E-state index is 10.7. The molecule has 2 rings (SSSR count). The van der Waals surface area contributed by atoms with Crippen LogP contribution in [0.5, 0.6) is 5.88 Å². The molecule has 3 N–H and O–H groups in total. The molecule has 1 aromatic carbocycles. The van der Waals surface area contributed by atoms with Gasteiger partial charge in [-0.15, -0.1) is 35.1 Å². The number of hydrogen-bond donors (Lipinski definition) is 2. The van der Waals surface area contributed by atoms with E-state index in [0.717, 1.165) is 15.8 Å². The largest absolute Gasteiger partial charge is 0.493 e. The summed E-state index contributed by atoms with van der Waals surface area (Å²) in [6.45, 7) is 9.34. The van der Waals surface area contributed by atoms with Crippen LogP contribution in [0.2, 0.25) is 0 Å². The van der Waals surface area contributed by atoms with E-state index in [9.17, 15) is 5.11 Å². The van der Waals surface area contributed by atoms with Gasteiger partial charge in [-0.05, 0) is 36.7 Å². The molecule has 0 bridgehead atoms. The Balaban J connectivity index is 2.58. The van der Waals surface area contributed by atoms with Gasteiger partial charge in [0.05, 0.1) is 12.2 Å². The minimum absolute atomic E-state index is 0.0198. The van der Waals surface area contributed by atoms with Crippen LogP contribution < -0.4 is 5.73 Å². The summed E-state index contributed by atoms with van der Waals surface area (Å²) in [5.74, 6) is 0.0198. The molecule has 0 saturated heterocycles. The van der Waals surface area contributed by atoms with Crippen molar-refractivity contribution in [3.05, 3.63) is 43.5 Å². The molecular weight excluding hydrogens is 354 g/mol. The van der Waals surface area contributed by atoms with Crippen LogP contribution in [0.1, 0.15) is 0 Å². The van der Waals surface area contributed by atoms with Crippen LogP contribution in [-0.4, -0.2) is 39.0 Å². The first-order valence-corrected chi connectivity index (χ1v) is 9.19. The standard InChI is InChI=1S/C17H21N5OS2/c1-4-8-21(9-5-2)11-22-14-7-6-12(25-3)10-13(14)15(16(22)23)19-20-17(18)24/h4-7,10,23H,1-2,8-9,11H2,3H3,(H2,18,24). The quantitative estimate of drug-likeness (QED) is 0.315. The molecule has 0 aliphatic carbocycles. The van der Waals surface area contributed by atoms with Crippen molar-refractivity contribution < 1.29 is 5.11 Å². The molecule has 0 atom stereocenters. The van der Waals surface area contributed by atoms with E-state index in [1.807, 2.05) is 36.6 Å². The molecule has 0 saturated carbocycles. The van der Waals surface area contributed by atoms with Crippen molar-refractivity contribution in [3.63, 3.8) is 0 Å². The van der Waals surface area contributed by atoms with Gasteiger partial charge in [-0.1, -0.05) is 12.2 Å². The summed E-state index contributed by atoms with van der Waals surface area (Å²) < 4.78 is 1.78. The Morgan fingerprint density at radius 3 is 2.64 bits per heavy atom. The van der Waals surface area contributed by atoms with Crippen molar-refractivity contribution >= 4 is 45.7 Å². The minimum Gasteiger partial charge on any atom is -0.493 e. The van der Waals surface area contributed by atoms with Gasteiger partial charge >= 0.3 is 0 Å². The summed E-state index contributed by atoms with van der Waals surface area (Å²) in [5, 5.41) is 19.2. The van der Waals surface area contributed by atoms with Crippen LogP contribution in [0.3, 0.4) is 0 Å². The second-order valence-corrected chi connectivity index (χ2v) is 6.57. The summed E-state index contributed by atoms with van der Waals surface area (Å²) in [5.41, 5.74) is 6.61. The van der Waals surface area contributed by atoms with Crippen molar-refractivity contribution in [2.24, 2.45) is 16.0 Å². The molecule has 6 nitrogen and oxygen atoms in total. The molecule has 0 aliphatic rings. The number of benzene rings is 1. The normalized spacial score (nSPS) is 11.4. The lowest BCUT2D eigenvalue weighted by atomic mass is 10.2. The molecule has 0 amide bonds. The average molecular weight is 376 g/mol. The zero-order valence-corrected chi connectivity index (χ0v) is 15.7. The zero-order chi connectivity index (χ0) is 18.4. The maximum atomic E-state index is 10.7. The second kappa shape index (κ2) is 8.80. The van der Waals surface area contributed by atoms with E-state index in [2.05, 4.69) is 28.3 Å². The Labute approximate surface area is 156 Å². The number of fused-ring (bicyclic) bond motifs is 1. The topological polar surface area (TPSA) is 79.1 Å². The third-order valence-corrected chi connectivity index (χ3v) is 4.39. The summed E-state index contributed by atoms with van der Waals surface area (Å²) >= 11 is 6.36. The molecule has 0 spiro atoms. The highest BCUT2D eigenvalue weighted by Gasteiger charge is 2.18. The Kier molecular flexibility index (Phi) is 6.74. The number of azo groups is 1. The zero-order valence-electron chi connectivity index (χ0n) is 14.1. The molecule has 8 heteroatoms. The Morgan fingerprint density at radius 2 is 2.08 bits per heavy atom. The monoisotopic (exact) mass is 375 g/mol. The fourth-order valence-electron chi connectivity index (χ4n) is 2.53. The molecule has 0 radical (unpaired) electrons. The maximum Gasteiger partial charge on any atom is 0.221 e. The molecule has 2 aromatic rings. The fraction of sp³-hybridized carbons (Fsp3) is 0.235. The van der Waals surface area contributed by atoms with E-state index < -0.39 is 0 Å². The average Bonchev–Trinajstić information content (AvgIpc) is 2.84. The van der Waals surface area contributed by atoms with Crippen LogP contribution in [0.15, 0.2) is 58.6 Å². The highest BCUT2D eigenvalue weighted by Crippen LogP contribution is 2.40. The molecule has 0 fully saturated rings. The number of aromatic hydroxyl groups is 1. The van der Waals surface area contributed by atoms with Crippen LogP contribution in [0.4, 0.5) is 5.69 Å². The van der Waals surface area contributed by atoms with Gasteiger partial charge < -0.3 is 10.8 Å². The third kappa shape index (κ3) is 4.47. The number of aromatic nitrogens is 1. The van der Waals surface area contributed by atoms with Crippen molar-refractivity contribution in [1.29, 1.82) is 0 Å². The van der Waals surface area contributed by atoms with Gasteiger partial charge in [-0.25, -0.2) is 0 Å². The lowest BCUT2D eigenvalue weighted by Crippen LogP contribution is -2.26. The van der Waals surface area contributed by atoms with E-state index in [1.54, 1.807) is 16.3 Å². The van der Waals surface area contributed by atoms with Crippen molar-refractivity contribution in [3.8, 4) is 5.88 Å². The molecule has 132 valence electrons.